The molecule has 1 atom stereocenters. The molecule has 2 rings (SSSR count). The van der Waals surface area contributed by atoms with E-state index in [1.165, 1.54) is 5.56 Å². The summed E-state index contributed by atoms with van der Waals surface area (Å²) in [6.45, 7) is 2.01. The summed E-state index contributed by atoms with van der Waals surface area (Å²) in [6, 6.07) is 7.92. The molecule has 0 saturated heterocycles. The Balaban J connectivity index is 2.19. The highest BCUT2D eigenvalue weighted by Crippen LogP contribution is 2.51. The number of nitrogens with one attached hydrogen (secondary N) is 1. The first-order chi connectivity index (χ1) is 7.54. The van der Waals surface area contributed by atoms with Crippen LogP contribution in [0, 0.1) is 0 Å². The Morgan fingerprint density at radius 2 is 2.00 bits per heavy atom. The van der Waals surface area contributed by atoms with Crippen LogP contribution in [0.3, 0.4) is 0 Å². The van der Waals surface area contributed by atoms with Gasteiger partial charge in [-0.3, -0.25) is 0 Å². The zero-order valence-electron chi connectivity index (χ0n) is 9.16. The van der Waals surface area contributed by atoms with Crippen molar-refractivity contribution < 1.29 is 4.79 Å². The van der Waals surface area contributed by atoms with Gasteiger partial charge in [0.2, 0.25) is 0 Å². The van der Waals surface area contributed by atoms with E-state index in [2.05, 4.69) is 33.4 Å². The SMILES string of the molecule is CC(NC(N)=O)C1(c2ccc(Br)cc2)CC1. The number of hydrogen-bond acceptors (Lipinski definition) is 1. The maximum atomic E-state index is 10.9. The molecule has 0 heterocycles. The Kier molecular flexibility index (Phi) is 2.93. The molecule has 1 saturated carbocycles. The number of rotatable bonds is 3. The number of primary amides is 1. The average molecular weight is 283 g/mol. The van der Waals surface area contributed by atoms with Gasteiger partial charge in [0.1, 0.15) is 0 Å². The molecule has 1 aliphatic rings. The molecule has 1 aliphatic carbocycles. The third kappa shape index (κ3) is 2.07. The first-order valence-corrected chi connectivity index (χ1v) is 6.16. The maximum absolute atomic E-state index is 10.9. The van der Waals surface area contributed by atoms with E-state index in [1.807, 2.05) is 19.1 Å². The van der Waals surface area contributed by atoms with Crippen LogP contribution in [0.25, 0.3) is 0 Å². The van der Waals surface area contributed by atoms with Crippen molar-refractivity contribution in [2.75, 3.05) is 0 Å². The van der Waals surface area contributed by atoms with Gasteiger partial charge in [-0.05, 0) is 37.5 Å². The zero-order chi connectivity index (χ0) is 11.8. The van der Waals surface area contributed by atoms with Crippen LogP contribution < -0.4 is 11.1 Å². The smallest absolute Gasteiger partial charge is 0.312 e. The molecule has 0 aromatic heterocycles. The molecule has 1 unspecified atom stereocenters. The van der Waals surface area contributed by atoms with Crippen LogP contribution in [0.5, 0.6) is 0 Å². The second-order valence-electron chi connectivity index (χ2n) is 4.39. The van der Waals surface area contributed by atoms with Crippen molar-refractivity contribution in [3.05, 3.63) is 34.3 Å². The quantitative estimate of drug-likeness (QED) is 0.880. The van der Waals surface area contributed by atoms with E-state index in [0.29, 0.717) is 0 Å². The van der Waals surface area contributed by atoms with E-state index >= 15 is 0 Å². The highest BCUT2D eigenvalue weighted by Gasteiger charge is 2.49. The second kappa shape index (κ2) is 4.09. The minimum absolute atomic E-state index is 0.0891. The second-order valence-corrected chi connectivity index (χ2v) is 5.31. The predicted octanol–water partition coefficient (Wildman–Crippen LogP) is 2.54. The normalized spacial score (nSPS) is 18.9. The van der Waals surface area contributed by atoms with Gasteiger partial charge in [-0.25, -0.2) is 4.79 Å². The van der Waals surface area contributed by atoms with Gasteiger partial charge in [-0.1, -0.05) is 28.1 Å². The van der Waals surface area contributed by atoms with Gasteiger partial charge >= 0.3 is 6.03 Å². The third-order valence-electron chi connectivity index (χ3n) is 3.40. The van der Waals surface area contributed by atoms with Crippen LogP contribution in [-0.2, 0) is 5.41 Å². The molecular formula is C12H15BrN2O. The minimum Gasteiger partial charge on any atom is -0.352 e. The van der Waals surface area contributed by atoms with Gasteiger partial charge in [0.25, 0.3) is 0 Å². The fourth-order valence-corrected chi connectivity index (χ4v) is 2.50. The lowest BCUT2D eigenvalue weighted by Gasteiger charge is -2.24. The van der Waals surface area contributed by atoms with Gasteiger partial charge in [0.05, 0.1) is 0 Å². The molecule has 2 amide bonds. The van der Waals surface area contributed by atoms with Crippen molar-refractivity contribution in [1.29, 1.82) is 0 Å². The summed E-state index contributed by atoms with van der Waals surface area (Å²) in [6.07, 6.45) is 2.21. The summed E-state index contributed by atoms with van der Waals surface area (Å²) in [5.41, 5.74) is 6.53. The van der Waals surface area contributed by atoms with E-state index in [0.717, 1.165) is 17.3 Å². The van der Waals surface area contributed by atoms with Crippen LogP contribution in [0.4, 0.5) is 4.79 Å². The molecule has 0 spiro atoms. The van der Waals surface area contributed by atoms with Crippen molar-refractivity contribution in [1.82, 2.24) is 5.32 Å². The molecule has 4 heteroatoms. The topological polar surface area (TPSA) is 55.1 Å². The summed E-state index contributed by atoms with van der Waals surface area (Å²) in [5, 5.41) is 2.79. The van der Waals surface area contributed by atoms with E-state index in [4.69, 9.17) is 5.73 Å². The summed E-state index contributed by atoms with van der Waals surface area (Å²) in [5.74, 6) is 0. The summed E-state index contributed by atoms with van der Waals surface area (Å²) >= 11 is 3.42. The first kappa shape index (κ1) is 11.5. The minimum atomic E-state index is -0.448. The number of hydrogen-bond donors (Lipinski definition) is 2. The van der Waals surface area contributed by atoms with Gasteiger partial charge in [0.15, 0.2) is 0 Å². The molecule has 0 aliphatic heterocycles. The fourth-order valence-electron chi connectivity index (χ4n) is 2.24. The monoisotopic (exact) mass is 282 g/mol. The lowest BCUT2D eigenvalue weighted by molar-refractivity contribution is 0.243. The summed E-state index contributed by atoms with van der Waals surface area (Å²) < 4.78 is 1.07. The molecule has 16 heavy (non-hydrogen) atoms. The lowest BCUT2D eigenvalue weighted by atomic mass is 9.89. The fraction of sp³-hybridized carbons (Fsp3) is 0.417. The standard InChI is InChI=1S/C12H15BrN2O/c1-8(15-11(14)16)12(6-7-12)9-2-4-10(13)5-3-9/h2-5,8H,6-7H2,1H3,(H3,14,15,16). The molecular weight excluding hydrogens is 268 g/mol. The molecule has 0 bridgehead atoms. The Morgan fingerprint density at radius 1 is 1.44 bits per heavy atom. The zero-order valence-corrected chi connectivity index (χ0v) is 10.8. The van der Waals surface area contributed by atoms with E-state index in [-0.39, 0.29) is 11.5 Å². The first-order valence-electron chi connectivity index (χ1n) is 5.36. The lowest BCUT2D eigenvalue weighted by Crippen LogP contribution is -2.43. The molecule has 1 aromatic carbocycles. The van der Waals surface area contributed by atoms with Crippen LogP contribution >= 0.6 is 15.9 Å². The van der Waals surface area contributed by atoms with Crippen molar-refractivity contribution in [3.63, 3.8) is 0 Å². The highest BCUT2D eigenvalue weighted by atomic mass is 79.9. The molecule has 1 aromatic rings. The largest absolute Gasteiger partial charge is 0.352 e. The number of carbonyl (C=O) groups excluding carboxylic acids is 1. The third-order valence-corrected chi connectivity index (χ3v) is 3.92. The van der Waals surface area contributed by atoms with E-state index in [1.54, 1.807) is 0 Å². The van der Waals surface area contributed by atoms with Gasteiger partial charge in [0, 0.05) is 15.9 Å². The molecule has 86 valence electrons. The Morgan fingerprint density at radius 3 is 2.44 bits per heavy atom. The van der Waals surface area contributed by atoms with Crippen LogP contribution in [0.2, 0.25) is 0 Å². The maximum Gasteiger partial charge on any atom is 0.312 e. The van der Waals surface area contributed by atoms with Gasteiger partial charge in [-0.2, -0.15) is 0 Å². The van der Waals surface area contributed by atoms with Gasteiger partial charge < -0.3 is 11.1 Å². The van der Waals surface area contributed by atoms with Crippen LogP contribution in [-0.4, -0.2) is 12.1 Å². The van der Waals surface area contributed by atoms with Crippen LogP contribution in [0.15, 0.2) is 28.7 Å². The van der Waals surface area contributed by atoms with E-state index in [9.17, 15) is 4.79 Å². The summed E-state index contributed by atoms with van der Waals surface area (Å²) in [7, 11) is 0. The number of benzene rings is 1. The number of nitrogens with two attached hydrogens (primary N) is 1. The molecule has 3 N–H and O–H groups in total. The van der Waals surface area contributed by atoms with Crippen molar-refractivity contribution >= 4 is 22.0 Å². The van der Waals surface area contributed by atoms with Crippen molar-refractivity contribution in [2.24, 2.45) is 5.73 Å². The average Bonchev–Trinajstić information content (AvgIpc) is 2.98. The van der Waals surface area contributed by atoms with Crippen molar-refractivity contribution in [3.8, 4) is 0 Å². The number of amides is 2. The predicted molar refractivity (Wildman–Crippen MR) is 67.2 cm³/mol. The molecule has 3 nitrogen and oxygen atoms in total. The molecule has 0 radical (unpaired) electrons. The number of carbonyl (C=O) groups is 1. The van der Waals surface area contributed by atoms with Gasteiger partial charge in [-0.15, -0.1) is 0 Å². The summed E-state index contributed by atoms with van der Waals surface area (Å²) in [4.78, 5) is 10.9. The Hall–Kier alpha value is -1.03. The number of urea groups is 1. The highest BCUT2D eigenvalue weighted by molar-refractivity contribution is 9.10. The van der Waals surface area contributed by atoms with Crippen LogP contribution in [0.1, 0.15) is 25.3 Å². The Bertz CT molecular complexity index is 398. The molecule has 1 fully saturated rings. The Labute approximate surface area is 104 Å². The van der Waals surface area contributed by atoms with Crippen molar-refractivity contribution in [2.45, 2.75) is 31.2 Å². The van der Waals surface area contributed by atoms with E-state index < -0.39 is 6.03 Å². The number of halogens is 1.